The maximum atomic E-state index is 10.9. The van der Waals surface area contributed by atoms with Gasteiger partial charge in [0.25, 0.3) is 0 Å². The summed E-state index contributed by atoms with van der Waals surface area (Å²) in [6.45, 7) is 7.66. The number of carbonyl (C=O) groups is 1. The molecule has 0 spiro atoms. The van der Waals surface area contributed by atoms with Crippen molar-refractivity contribution in [3.8, 4) is 22.6 Å². The van der Waals surface area contributed by atoms with Gasteiger partial charge in [0, 0.05) is 6.92 Å². The first kappa shape index (κ1) is 16.1. The zero-order valence-corrected chi connectivity index (χ0v) is 13.6. The van der Waals surface area contributed by atoms with Crippen LogP contribution in [0.2, 0.25) is 0 Å². The first-order valence-electron chi connectivity index (χ1n) is 7.47. The summed E-state index contributed by atoms with van der Waals surface area (Å²) in [7, 11) is 0. The van der Waals surface area contributed by atoms with E-state index in [1.54, 1.807) is 12.1 Å². The van der Waals surface area contributed by atoms with Crippen molar-refractivity contribution >= 4 is 5.97 Å². The quantitative estimate of drug-likeness (QED) is 0.585. The third-order valence-electron chi connectivity index (χ3n) is 3.55. The van der Waals surface area contributed by atoms with Crippen molar-refractivity contribution in [2.24, 2.45) is 0 Å². The molecule has 2 rings (SSSR count). The SMILES string of the molecule is CCC(C)(C)Oc1ccc(-c2ccc(OC(C)=O)cc2)cc1. The average Bonchev–Trinajstić information content (AvgIpc) is 2.48. The van der Waals surface area contributed by atoms with Crippen LogP contribution in [0.25, 0.3) is 11.1 Å². The molecule has 0 aliphatic heterocycles. The summed E-state index contributed by atoms with van der Waals surface area (Å²) in [6.07, 6.45) is 0.951. The number of hydrogen-bond donors (Lipinski definition) is 0. The van der Waals surface area contributed by atoms with E-state index in [9.17, 15) is 4.79 Å². The molecular formula is C19H22O3. The fraction of sp³-hybridized carbons (Fsp3) is 0.316. The minimum absolute atomic E-state index is 0.160. The Morgan fingerprint density at radius 1 is 0.909 bits per heavy atom. The molecule has 22 heavy (non-hydrogen) atoms. The van der Waals surface area contributed by atoms with Crippen LogP contribution in [0.3, 0.4) is 0 Å². The Hall–Kier alpha value is -2.29. The first-order chi connectivity index (χ1) is 10.4. The van der Waals surface area contributed by atoms with Crippen LogP contribution < -0.4 is 9.47 Å². The van der Waals surface area contributed by atoms with Gasteiger partial charge in [0.1, 0.15) is 17.1 Å². The zero-order chi connectivity index (χ0) is 16.2. The minimum Gasteiger partial charge on any atom is -0.488 e. The summed E-state index contributed by atoms with van der Waals surface area (Å²) in [5.74, 6) is 1.11. The topological polar surface area (TPSA) is 35.5 Å². The van der Waals surface area contributed by atoms with Gasteiger partial charge in [-0.15, -0.1) is 0 Å². The second kappa shape index (κ2) is 6.65. The van der Waals surface area contributed by atoms with Crippen molar-refractivity contribution in [2.45, 2.75) is 39.7 Å². The van der Waals surface area contributed by atoms with Gasteiger partial charge in [-0.05, 0) is 55.7 Å². The van der Waals surface area contributed by atoms with E-state index in [4.69, 9.17) is 9.47 Å². The maximum Gasteiger partial charge on any atom is 0.308 e. The van der Waals surface area contributed by atoms with Crippen LogP contribution >= 0.6 is 0 Å². The summed E-state index contributed by atoms with van der Waals surface area (Å²) in [6, 6.07) is 15.5. The Bertz CT molecular complexity index is 625. The van der Waals surface area contributed by atoms with E-state index in [0.717, 1.165) is 23.3 Å². The second-order valence-corrected chi connectivity index (χ2v) is 5.86. The highest BCUT2D eigenvalue weighted by Gasteiger charge is 2.16. The van der Waals surface area contributed by atoms with Crippen molar-refractivity contribution in [1.82, 2.24) is 0 Å². The lowest BCUT2D eigenvalue weighted by atomic mass is 10.0. The summed E-state index contributed by atoms with van der Waals surface area (Å²) in [4.78, 5) is 10.9. The summed E-state index contributed by atoms with van der Waals surface area (Å²) in [5, 5.41) is 0. The van der Waals surface area contributed by atoms with Gasteiger partial charge in [0.2, 0.25) is 0 Å². The number of carbonyl (C=O) groups excluding carboxylic acids is 1. The monoisotopic (exact) mass is 298 g/mol. The van der Waals surface area contributed by atoms with E-state index in [-0.39, 0.29) is 11.6 Å². The van der Waals surface area contributed by atoms with Gasteiger partial charge in [-0.25, -0.2) is 0 Å². The van der Waals surface area contributed by atoms with Crippen molar-refractivity contribution in [1.29, 1.82) is 0 Å². The van der Waals surface area contributed by atoms with Crippen molar-refractivity contribution in [3.63, 3.8) is 0 Å². The van der Waals surface area contributed by atoms with E-state index in [2.05, 4.69) is 20.8 Å². The average molecular weight is 298 g/mol. The predicted molar refractivity (Wildman–Crippen MR) is 88.2 cm³/mol. The molecule has 0 bridgehead atoms. The Balaban J connectivity index is 2.11. The summed E-state index contributed by atoms with van der Waals surface area (Å²) in [5.41, 5.74) is 2.00. The van der Waals surface area contributed by atoms with E-state index >= 15 is 0 Å². The maximum absolute atomic E-state index is 10.9. The van der Waals surface area contributed by atoms with Crippen LogP contribution in [0.4, 0.5) is 0 Å². The van der Waals surface area contributed by atoms with Crippen molar-refractivity contribution < 1.29 is 14.3 Å². The Morgan fingerprint density at radius 3 is 1.77 bits per heavy atom. The third-order valence-corrected chi connectivity index (χ3v) is 3.55. The number of rotatable bonds is 5. The lowest BCUT2D eigenvalue weighted by Crippen LogP contribution is -2.26. The van der Waals surface area contributed by atoms with Gasteiger partial charge in [-0.2, -0.15) is 0 Å². The molecule has 0 atom stereocenters. The molecule has 3 heteroatoms. The summed E-state index contributed by atoms with van der Waals surface area (Å²) < 4.78 is 11.0. The van der Waals surface area contributed by atoms with Gasteiger partial charge < -0.3 is 9.47 Å². The smallest absolute Gasteiger partial charge is 0.308 e. The van der Waals surface area contributed by atoms with E-state index in [1.165, 1.54) is 6.92 Å². The molecule has 116 valence electrons. The number of esters is 1. The van der Waals surface area contributed by atoms with Gasteiger partial charge in [-0.3, -0.25) is 4.79 Å². The van der Waals surface area contributed by atoms with Crippen LogP contribution in [0.5, 0.6) is 11.5 Å². The van der Waals surface area contributed by atoms with Crippen LogP contribution in [-0.4, -0.2) is 11.6 Å². The van der Waals surface area contributed by atoms with E-state index in [1.807, 2.05) is 36.4 Å². The predicted octanol–water partition coefficient (Wildman–Crippen LogP) is 4.85. The van der Waals surface area contributed by atoms with Crippen molar-refractivity contribution in [2.75, 3.05) is 0 Å². The Kier molecular flexibility index (Phi) is 4.86. The van der Waals surface area contributed by atoms with Gasteiger partial charge >= 0.3 is 5.97 Å². The van der Waals surface area contributed by atoms with Gasteiger partial charge in [0.05, 0.1) is 0 Å². The molecule has 2 aromatic carbocycles. The molecule has 0 saturated heterocycles. The summed E-state index contributed by atoms with van der Waals surface area (Å²) >= 11 is 0. The second-order valence-electron chi connectivity index (χ2n) is 5.86. The normalized spacial score (nSPS) is 11.1. The highest BCUT2D eigenvalue weighted by atomic mass is 16.5. The Morgan fingerprint density at radius 2 is 1.36 bits per heavy atom. The molecule has 0 saturated carbocycles. The number of benzene rings is 2. The first-order valence-corrected chi connectivity index (χ1v) is 7.47. The lowest BCUT2D eigenvalue weighted by Gasteiger charge is -2.24. The molecular weight excluding hydrogens is 276 g/mol. The molecule has 0 N–H and O–H groups in total. The fourth-order valence-electron chi connectivity index (χ4n) is 1.99. The van der Waals surface area contributed by atoms with E-state index in [0.29, 0.717) is 5.75 Å². The van der Waals surface area contributed by atoms with Crippen LogP contribution in [0, 0.1) is 0 Å². The fourth-order valence-corrected chi connectivity index (χ4v) is 1.99. The molecule has 0 aliphatic carbocycles. The molecule has 2 aromatic rings. The third kappa shape index (κ3) is 4.35. The lowest BCUT2D eigenvalue weighted by molar-refractivity contribution is -0.131. The largest absolute Gasteiger partial charge is 0.488 e. The highest BCUT2D eigenvalue weighted by Crippen LogP contribution is 2.26. The minimum atomic E-state index is -0.312. The van der Waals surface area contributed by atoms with Crippen LogP contribution in [0.15, 0.2) is 48.5 Å². The number of hydrogen-bond acceptors (Lipinski definition) is 3. The molecule has 0 heterocycles. The zero-order valence-electron chi connectivity index (χ0n) is 13.6. The Labute approximate surface area is 131 Å². The highest BCUT2D eigenvalue weighted by molar-refractivity contribution is 5.70. The molecule has 0 amide bonds. The molecule has 0 radical (unpaired) electrons. The molecule has 0 fully saturated rings. The molecule has 0 aromatic heterocycles. The van der Waals surface area contributed by atoms with Crippen molar-refractivity contribution in [3.05, 3.63) is 48.5 Å². The molecule has 3 nitrogen and oxygen atoms in total. The standard InChI is InChI=1S/C19H22O3/c1-5-19(3,4)22-18-12-8-16(9-13-18)15-6-10-17(11-7-15)21-14(2)20/h6-13H,5H2,1-4H3. The van der Waals surface area contributed by atoms with E-state index < -0.39 is 0 Å². The van der Waals surface area contributed by atoms with Gasteiger partial charge in [0.15, 0.2) is 0 Å². The van der Waals surface area contributed by atoms with Crippen LogP contribution in [-0.2, 0) is 4.79 Å². The van der Waals surface area contributed by atoms with Gasteiger partial charge in [-0.1, -0.05) is 31.2 Å². The number of ether oxygens (including phenoxy) is 2. The molecule has 0 aliphatic rings. The molecule has 0 unspecified atom stereocenters. The van der Waals surface area contributed by atoms with Crippen LogP contribution in [0.1, 0.15) is 34.1 Å².